The smallest absolute Gasteiger partial charge is 0.0858 e. The first-order valence-corrected chi connectivity index (χ1v) is 3.91. The molecule has 1 saturated heterocycles. The van der Waals surface area contributed by atoms with Crippen molar-refractivity contribution in [1.29, 1.82) is 0 Å². The molecule has 0 amide bonds. The highest BCUT2D eigenvalue weighted by atomic mass is 32.2. The van der Waals surface area contributed by atoms with E-state index >= 15 is 0 Å². The summed E-state index contributed by atoms with van der Waals surface area (Å²) in [5, 5.41) is 0. The second kappa shape index (κ2) is 2.28. The molecule has 1 radical (unpaired) electrons. The second-order valence-corrected chi connectivity index (χ2v) is 3.12. The number of hydrogen-bond acceptors (Lipinski definition) is 2. The second-order valence-electron chi connectivity index (χ2n) is 2.13. The molecule has 0 aromatic carbocycles. The molecule has 0 aromatic heterocycles. The van der Waals surface area contributed by atoms with Crippen molar-refractivity contribution < 1.29 is 4.74 Å². The molecule has 1 aliphatic heterocycles. The molecular weight excluding hydrogens is 120 g/mol. The minimum Gasteiger partial charge on any atom is -0.377 e. The largest absolute Gasteiger partial charge is 0.377 e. The highest BCUT2D eigenvalue weighted by Gasteiger charge is 2.35. The molecule has 0 bridgehead atoms. The number of rotatable bonds is 2. The van der Waals surface area contributed by atoms with Crippen LogP contribution in [0.15, 0.2) is 0 Å². The Bertz CT molecular complexity index is 65.1. The molecule has 1 heterocycles. The number of ether oxygens (including phenoxy) is 1. The summed E-state index contributed by atoms with van der Waals surface area (Å²) in [6, 6.07) is 0. The van der Waals surface area contributed by atoms with E-state index in [4.69, 9.17) is 4.74 Å². The van der Waals surface area contributed by atoms with Crippen LogP contribution in [-0.4, -0.2) is 24.2 Å². The highest BCUT2D eigenvalue weighted by molar-refractivity contribution is 8.00. The van der Waals surface area contributed by atoms with Gasteiger partial charge in [0.05, 0.1) is 5.60 Å². The summed E-state index contributed by atoms with van der Waals surface area (Å²) in [6.45, 7) is 3.81. The van der Waals surface area contributed by atoms with E-state index in [1.54, 1.807) is 7.11 Å². The lowest BCUT2D eigenvalue weighted by Gasteiger charge is -2.38. The molecule has 1 aliphatic rings. The topological polar surface area (TPSA) is 9.23 Å². The fraction of sp³-hybridized carbons (Fsp3) is 0.833. The van der Waals surface area contributed by atoms with Crippen LogP contribution < -0.4 is 0 Å². The van der Waals surface area contributed by atoms with E-state index in [0.717, 1.165) is 17.9 Å². The minimum absolute atomic E-state index is 0.157. The Morgan fingerprint density at radius 3 is 2.38 bits per heavy atom. The van der Waals surface area contributed by atoms with Gasteiger partial charge in [0.1, 0.15) is 0 Å². The zero-order valence-corrected chi connectivity index (χ0v) is 5.96. The number of thioether (sulfide) groups is 1. The third kappa shape index (κ3) is 0.869. The van der Waals surface area contributed by atoms with Crippen LogP contribution >= 0.6 is 11.8 Å². The summed E-state index contributed by atoms with van der Waals surface area (Å²) in [7, 11) is 1.77. The van der Waals surface area contributed by atoms with Crippen LogP contribution in [-0.2, 0) is 4.74 Å². The Labute approximate surface area is 54.8 Å². The van der Waals surface area contributed by atoms with Crippen LogP contribution in [0.5, 0.6) is 0 Å². The van der Waals surface area contributed by atoms with Gasteiger partial charge >= 0.3 is 0 Å². The van der Waals surface area contributed by atoms with Crippen molar-refractivity contribution in [1.82, 2.24) is 0 Å². The van der Waals surface area contributed by atoms with Crippen LogP contribution in [0.25, 0.3) is 0 Å². The van der Waals surface area contributed by atoms with E-state index in [0.29, 0.717) is 0 Å². The molecule has 2 heteroatoms. The minimum atomic E-state index is 0.157. The standard InChI is InChI=1S/C6H11OS/c1-3-6(7-2)4-8-5-6/h1,3-5H2,2H3. The zero-order chi connectivity index (χ0) is 6.04. The van der Waals surface area contributed by atoms with E-state index in [1.807, 2.05) is 11.8 Å². The normalized spacial score (nSPS) is 24.8. The Morgan fingerprint density at radius 1 is 1.75 bits per heavy atom. The molecule has 1 fully saturated rings. The molecular formula is C6H11OS. The van der Waals surface area contributed by atoms with Crippen molar-refractivity contribution in [3.8, 4) is 0 Å². The van der Waals surface area contributed by atoms with Crippen LogP contribution in [0.4, 0.5) is 0 Å². The van der Waals surface area contributed by atoms with E-state index in [2.05, 4.69) is 6.92 Å². The SMILES string of the molecule is [CH2]CC1(OC)CSC1. The number of hydrogen-bond donors (Lipinski definition) is 0. The van der Waals surface area contributed by atoms with Gasteiger partial charge in [-0.2, -0.15) is 11.8 Å². The maximum absolute atomic E-state index is 5.24. The van der Waals surface area contributed by atoms with Crippen LogP contribution in [0.2, 0.25) is 0 Å². The molecule has 0 saturated carbocycles. The predicted molar refractivity (Wildman–Crippen MR) is 37.0 cm³/mol. The maximum Gasteiger partial charge on any atom is 0.0858 e. The van der Waals surface area contributed by atoms with Crippen LogP contribution in [0.1, 0.15) is 6.42 Å². The first-order valence-electron chi connectivity index (χ1n) is 2.75. The third-order valence-corrected chi connectivity index (χ3v) is 3.08. The molecule has 0 N–H and O–H groups in total. The summed E-state index contributed by atoms with van der Waals surface area (Å²) in [5.74, 6) is 2.26. The van der Waals surface area contributed by atoms with Crippen molar-refractivity contribution in [2.75, 3.05) is 18.6 Å². The Kier molecular flexibility index (Phi) is 1.83. The fourth-order valence-electron chi connectivity index (χ4n) is 0.694. The summed E-state index contributed by atoms with van der Waals surface area (Å²) >= 11 is 1.93. The summed E-state index contributed by atoms with van der Waals surface area (Å²) in [6.07, 6.45) is 0.913. The lowest BCUT2D eigenvalue weighted by molar-refractivity contribution is 0.0237. The summed E-state index contributed by atoms with van der Waals surface area (Å²) in [5.41, 5.74) is 0.157. The van der Waals surface area contributed by atoms with Gasteiger partial charge in [-0.3, -0.25) is 0 Å². The third-order valence-electron chi connectivity index (χ3n) is 1.62. The molecule has 0 spiro atoms. The van der Waals surface area contributed by atoms with E-state index < -0.39 is 0 Å². The average Bonchev–Trinajstić information content (AvgIpc) is 1.67. The fourth-order valence-corrected chi connectivity index (χ4v) is 1.88. The van der Waals surface area contributed by atoms with Gasteiger partial charge in [0.25, 0.3) is 0 Å². The van der Waals surface area contributed by atoms with Gasteiger partial charge in [-0.25, -0.2) is 0 Å². The Morgan fingerprint density at radius 2 is 2.38 bits per heavy atom. The maximum atomic E-state index is 5.24. The predicted octanol–water partition coefficient (Wildman–Crippen LogP) is 1.34. The van der Waals surface area contributed by atoms with Crippen LogP contribution in [0, 0.1) is 6.92 Å². The molecule has 0 aromatic rings. The lowest BCUT2D eigenvalue weighted by atomic mass is 10.1. The van der Waals surface area contributed by atoms with E-state index in [-0.39, 0.29) is 5.60 Å². The Hall–Kier alpha value is 0.310. The van der Waals surface area contributed by atoms with Crippen molar-refractivity contribution in [3.63, 3.8) is 0 Å². The van der Waals surface area contributed by atoms with Crippen molar-refractivity contribution in [3.05, 3.63) is 6.92 Å². The summed E-state index contributed by atoms with van der Waals surface area (Å²) in [4.78, 5) is 0. The van der Waals surface area contributed by atoms with Crippen molar-refractivity contribution in [2.45, 2.75) is 12.0 Å². The van der Waals surface area contributed by atoms with Crippen molar-refractivity contribution >= 4 is 11.8 Å². The van der Waals surface area contributed by atoms with Gasteiger partial charge in [0, 0.05) is 18.6 Å². The van der Waals surface area contributed by atoms with Gasteiger partial charge in [-0.05, 0) is 6.42 Å². The lowest BCUT2D eigenvalue weighted by Crippen LogP contribution is -2.44. The van der Waals surface area contributed by atoms with E-state index in [1.165, 1.54) is 0 Å². The zero-order valence-electron chi connectivity index (χ0n) is 5.14. The van der Waals surface area contributed by atoms with Crippen LogP contribution in [0.3, 0.4) is 0 Å². The first-order chi connectivity index (χ1) is 3.83. The van der Waals surface area contributed by atoms with E-state index in [9.17, 15) is 0 Å². The molecule has 0 unspecified atom stereocenters. The summed E-state index contributed by atoms with van der Waals surface area (Å²) < 4.78 is 5.24. The van der Waals surface area contributed by atoms with Gasteiger partial charge in [0.15, 0.2) is 0 Å². The molecule has 1 nitrogen and oxygen atoms in total. The molecule has 8 heavy (non-hydrogen) atoms. The Balaban J connectivity index is 2.33. The molecule has 0 atom stereocenters. The van der Waals surface area contributed by atoms with Gasteiger partial charge in [0.2, 0.25) is 0 Å². The van der Waals surface area contributed by atoms with Gasteiger partial charge in [-0.15, -0.1) is 0 Å². The highest BCUT2D eigenvalue weighted by Crippen LogP contribution is 2.34. The molecule has 0 aliphatic carbocycles. The number of methoxy groups -OCH3 is 1. The van der Waals surface area contributed by atoms with Crippen molar-refractivity contribution in [2.24, 2.45) is 0 Å². The van der Waals surface area contributed by atoms with Gasteiger partial charge < -0.3 is 4.74 Å². The average molecular weight is 131 g/mol. The monoisotopic (exact) mass is 131 g/mol. The first kappa shape index (κ1) is 6.43. The van der Waals surface area contributed by atoms with Gasteiger partial charge in [-0.1, -0.05) is 6.92 Å². The molecule has 47 valence electrons. The molecule has 1 rings (SSSR count). The quantitative estimate of drug-likeness (QED) is 0.559.